The number of nitrogens with zero attached hydrogens (tertiary/aromatic N) is 3. The second-order valence-electron chi connectivity index (χ2n) is 4.40. The van der Waals surface area contributed by atoms with Crippen LogP contribution >= 0.6 is 0 Å². The molecule has 1 fully saturated rings. The maximum absolute atomic E-state index is 3.92. The molecule has 90 valence electrons. The van der Waals surface area contributed by atoms with Crippen molar-refractivity contribution < 1.29 is 0 Å². The number of nitrogens with one attached hydrogen (secondary N) is 2. The summed E-state index contributed by atoms with van der Waals surface area (Å²) in [6, 6.07) is 2.00. The van der Waals surface area contributed by atoms with Crippen LogP contribution in [0.15, 0.2) is 12.3 Å². The van der Waals surface area contributed by atoms with E-state index in [1.165, 1.54) is 26.2 Å². The van der Waals surface area contributed by atoms with Crippen molar-refractivity contribution in [3.63, 3.8) is 0 Å². The van der Waals surface area contributed by atoms with Gasteiger partial charge in [-0.25, -0.2) is 0 Å². The fourth-order valence-corrected chi connectivity index (χ4v) is 1.91. The first kappa shape index (κ1) is 11.6. The van der Waals surface area contributed by atoms with Gasteiger partial charge in [0.2, 0.25) is 0 Å². The van der Waals surface area contributed by atoms with E-state index in [0.717, 1.165) is 25.3 Å². The highest BCUT2D eigenvalue weighted by Gasteiger charge is 2.12. The Hall–Kier alpha value is -0.910. The molecule has 0 aliphatic carbocycles. The molecule has 5 heteroatoms. The third-order valence-corrected chi connectivity index (χ3v) is 3.07. The number of rotatable bonds is 5. The van der Waals surface area contributed by atoms with E-state index in [1.54, 1.807) is 6.20 Å². The molecule has 0 bridgehead atoms. The number of aromatic nitrogens is 2. The molecule has 0 amide bonds. The van der Waals surface area contributed by atoms with Gasteiger partial charge in [0.25, 0.3) is 0 Å². The minimum absolute atomic E-state index is 0.883. The number of likely N-dealkylation sites (N-methyl/N-ethyl adjacent to an activating group) is 1. The monoisotopic (exact) mass is 223 g/mol. The van der Waals surface area contributed by atoms with Gasteiger partial charge in [-0.2, -0.15) is 5.10 Å². The highest BCUT2D eigenvalue weighted by Crippen LogP contribution is 1.97. The van der Waals surface area contributed by atoms with Gasteiger partial charge >= 0.3 is 0 Å². The Morgan fingerprint density at radius 3 is 2.88 bits per heavy atom. The Morgan fingerprint density at radius 1 is 1.38 bits per heavy atom. The predicted molar refractivity (Wildman–Crippen MR) is 64.2 cm³/mol. The van der Waals surface area contributed by atoms with E-state index in [4.69, 9.17) is 0 Å². The molecule has 0 aromatic carbocycles. The normalized spacial score (nSPS) is 19.1. The van der Waals surface area contributed by atoms with Crippen molar-refractivity contribution >= 4 is 0 Å². The summed E-state index contributed by atoms with van der Waals surface area (Å²) in [5, 5.41) is 10.3. The van der Waals surface area contributed by atoms with Crippen molar-refractivity contribution in [1.82, 2.24) is 25.3 Å². The van der Waals surface area contributed by atoms with Crippen molar-refractivity contribution in [2.24, 2.45) is 0 Å². The second-order valence-corrected chi connectivity index (χ2v) is 4.40. The minimum Gasteiger partial charge on any atom is -0.310 e. The van der Waals surface area contributed by atoms with Crippen LogP contribution in [0.25, 0.3) is 0 Å². The maximum Gasteiger partial charge on any atom is 0.0490 e. The molecular formula is C11H21N5. The lowest BCUT2D eigenvalue weighted by molar-refractivity contribution is 0.154. The summed E-state index contributed by atoms with van der Waals surface area (Å²) in [5.41, 5.74) is 1.15. The van der Waals surface area contributed by atoms with E-state index in [-0.39, 0.29) is 0 Å². The molecule has 16 heavy (non-hydrogen) atoms. The smallest absolute Gasteiger partial charge is 0.0490 e. The molecule has 2 N–H and O–H groups in total. The number of aromatic amines is 1. The Balaban J connectivity index is 1.55. The molecule has 0 saturated carbocycles. The predicted octanol–water partition coefficient (Wildman–Crippen LogP) is -0.253. The van der Waals surface area contributed by atoms with E-state index in [1.807, 2.05) is 6.07 Å². The average molecular weight is 223 g/mol. The molecule has 5 nitrogen and oxygen atoms in total. The van der Waals surface area contributed by atoms with Crippen LogP contribution in [0.3, 0.4) is 0 Å². The average Bonchev–Trinajstić information content (AvgIpc) is 2.80. The van der Waals surface area contributed by atoms with Crippen molar-refractivity contribution in [2.75, 3.05) is 46.3 Å². The van der Waals surface area contributed by atoms with E-state index in [0.29, 0.717) is 0 Å². The van der Waals surface area contributed by atoms with Gasteiger partial charge in [0.1, 0.15) is 0 Å². The molecule has 0 atom stereocenters. The summed E-state index contributed by atoms with van der Waals surface area (Å²) in [6.07, 6.45) is 1.79. The van der Waals surface area contributed by atoms with Gasteiger partial charge in [0, 0.05) is 57.7 Å². The molecule has 1 aromatic rings. The summed E-state index contributed by atoms with van der Waals surface area (Å²) in [7, 11) is 2.19. The first-order valence-electron chi connectivity index (χ1n) is 5.94. The SMILES string of the molecule is CN1CCN(CCNCc2ccn[nH]2)CC1. The van der Waals surface area contributed by atoms with Crippen molar-refractivity contribution in [3.8, 4) is 0 Å². The van der Waals surface area contributed by atoms with Gasteiger partial charge < -0.3 is 10.2 Å². The summed E-state index contributed by atoms with van der Waals surface area (Å²) in [5.74, 6) is 0. The molecule has 2 rings (SSSR count). The first-order chi connectivity index (χ1) is 7.84. The number of H-pyrrole nitrogens is 1. The molecule has 2 heterocycles. The largest absolute Gasteiger partial charge is 0.310 e. The molecule has 1 aliphatic heterocycles. The topological polar surface area (TPSA) is 47.2 Å². The van der Waals surface area contributed by atoms with Gasteiger partial charge in [0.15, 0.2) is 0 Å². The Morgan fingerprint density at radius 2 is 2.19 bits per heavy atom. The third-order valence-electron chi connectivity index (χ3n) is 3.07. The first-order valence-corrected chi connectivity index (χ1v) is 5.94. The van der Waals surface area contributed by atoms with E-state index < -0.39 is 0 Å². The Labute approximate surface area is 96.8 Å². The van der Waals surface area contributed by atoms with Crippen molar-refractivity contribution in [2.45, 2.75) is 6.54 Å². The summed E-state index contributed by atoms with van der Waals surface area (Å²) in [4.78, 5) is 4.90. The second kappa shape index (κ2) is 5.98. The van der Waals surface area contributed by atoms with E-state index >= 15 is 0 Å². The summed E-state index contributed by atoms with van der Waals surface area (Å²) >= 11 is 0. The van der Waals surface area contributed by atoms with Crippen LogP contribution in [-0.2, 0) is 6.54 Å². The van der Waals surface area contributed by atoms with Crippen LogP contribution in [-0.4, -0.2) is 66.3 Å². The fourth-order valence-electron chi connectivity index (χ4n) is 1.91. The van der Waals surface area contributed by atoms with Crippen LogP contribution in [0.4, 0.5) is 0 Å². The van der Waals surface area contributed by atoms with Crippen LogP contribution in [0, 0.1) is 0 Å². The molecule has 0 unspecified atom stereocenters. The Bertz CT molecular complexity index is 277. The molecule has 0 radical (unpaired) electrons. The molecule has 1 aromatic heterocycles. The number of hydrogen-bond donors (Lipinski definition) is 2. The van der Waals surface area contributed by atoms with Crippen LogP contribution in [0.5, 0.6) is 0 Å². The number of piperazine rings is 1. The summed E-state index contributed by atoms with van der Waals surface area (Å²) < 4.78 is 0. The fraction of sp³-hybridized carbons (Fsp3) is 0.727. The van der Waals surface area contributed by atoms with Crippen LogP contribution in [0.2, 0.25) is 0 Å². The maximum atomic E-state index is 3.92. The van der Waals surface area contributed by atoms with E-state index in [9.17, 15) is 0 Å². The van der Waals surface area contributed by atoms with Crippen molar-refractivity contribution in [1.29, 1.82) is 0 Å². The van der Waals surface area contributed by atoms with Crippen LogP contribution in [0.1, 0.15) is 5.69 Å². The zero-order chi connectivity index (χ0) is 11.2. The van der Waals surface area contributed by atoms with Crippen LogP contribution < -0.4 is 5.32 Å². The Kier molecular flexibility index (Phi) is 4.33. The zero-order valence-corrected chi connectivity index (χ0v) is 9.95. The van der Waals surface area contributed by atoms with Gasteiger partial charge in [-0.05, 0) is 13.1 Å². The quantitative estimate of drug-likeness (QED) is 0.676. The van der Waals surface area contributed by atoms with E-state index in [2.05, 4.69) is 32.4 Å². The van der Waals surface area contributed by atoms with Gasteiger partial charge in [-0.3, -0.25) is 10.00 Å². The highest BCUT2D eigenvalue weighted by molar-refractivity contribution is 4.96. The molecule has 0 spiro atoms. The molecule has 1 saturated heterocycles. The highest BCUT2D eigenvalue weighted by atomic mass is 15.2. The lowest BCUT2D eigenvalue weighted by Gasteiger charge is -2.32. The minimum atomic E-state index is 0.883. The lowest BCUT2D eigenvalue weighted by Crippen LogP contribution is -2.46. The summed E-state index contributed by atoms with van der Waals surface area (Å²) in [6.45, 7) is 7.85. The third kappa shape index (κ3) is 3.59. The zero-order valence-electron chi connectivity index (χ0n) is 9.95. The molecule has 1 aliphatic rings. The van der Waals surface area contributed by atoms with Gasteiger partial charge in [-0.15, -0.1) is 0 Å². The number of hydrogen-bond acceptors (Lipinski definition) is 4. The lowest BCUT2D eigenvalue weighted by atomic mass is 10.3. The standard InChI is InChI=1S/C11H21N5/c1-15-6-8-16(9-7-15)5-4-12-10-11-2-3-13-14-11/h2-3,12H,4-10H2,1H3,(H,13,14). The van der Waals surface area contributed by atoms with Gasteiger partial charge in [-0.1, -0.05) is 0 Å². The molecular weight excluding hydrogens is 202 g/mol. The van der Waals surface area contributed by atoms with Crippen molar-refractivity contribution in [3.05, 3.63) is 18.0 Å². The van der Waals surface area contributed by atoms with Gasteiger partial charge in [0.05, 0.1) is 0 Å².